The minimum absolute atomic E-state index is 0.646. The normalized spacial score (nSPS) is 14.5. The highest BCUT2D eigenvalue weighted by Gasteiger charge is 2.54. The zero-order valence-corrected chi connectivity index (χ0v) is 76.8. The second kappa shape index (κ2) is 30.3. The largest absolute Gasteiger partial charge is 0.456 e. The van der Waals surface area contributed by atoms with Crippen LogP contribution in [-0.4, -0.2) is 9.13 Å². The maximum atomic E-state index is 6.35. The lowest BCUT2D eigenvalue weighted by atomic mass is 9.65. The lowest BCUT2D eigenvalue weighted by Gasteiger charge is -2.39. The summed E-state index contributed by atoms with van der Waals surface area (Å²) in [4.78, 5) is 5.10. The number of para-hydroxylation sites is 8. The van der Waals surface area contributed by atoms with Crippen LogP contribution in [0.4, 0.5) is 34.1 Å². The molecule has 140 heavy (non-hydrogen) atoms. The number of nitrogens with zero attached hydrogens (tertiary/aromatic N) is 4. The van der Waals surface area contributed by atoms with E-state index in [2.05, 4.69) is 510 Å². The van der Waals surface area contributed by atoms with Gasteiger partial charge >= 0.3 is 0 Å². The van der Waals surface area contributed by atoms with Crippen LogP contribution in [0.1, 0.15) is 44.5 Å². The van der Waals surface area contributed by atoms with Gasteiger partial charge in [-0.25, -0.2) is 0 Å². The summed E-state index contributed by atoms with van der Waals surface area (Å²) in [7, 11) is 0. The van der Waals surface area contributed by atoms with E-state index in [1.165, 1.54) is 181 Å². The lowest BCUT2D eigenvalue weighted by Crippen LogP contribution is -2.33. The van der Waals surface area contributed by atoms with Crippen LogP contribution < -0.4 is 9.80 Å². The van der Waals surface area contributed by atoms with Gasteiger partial charge in [-0.05, 0) is 226 Å². The van der Waals surface area contributed by atoms with Gasteiger partial charge in [0, 0.05) is 86.1 Å². The van der Waals surface area contributed by atoms with E-state index >= 15 is 0 Å². The van der Waals surface area contributed by atoms with Crippen LogP contribution in [0.5, 0.6) is 0 Å². The number of furan rings is 1. The molecule has 0 amide bonds. The molecule has 2 aliphatic heterocycles. The van der Waals surface area contributed by atoms with Gasteiger partial charge in [0.05, 0.1) is 67.0 Å². The van der Waals surface area contributed by atoms with Crippen molar-refractivity contribution in [3.05, 3.63) is 542 Å². The Labute approximate surface area is 812 Å². The number of aromatic nitrogens is 2. The molecule has 0 bridgehead atoms. The maximum absolute atomic E-state index is 6.35. The Kier molecular flexibility index (Phi) is 17.0. The van der Waals surface area contributed by atoms with Crippen molar-refractivity contribution in [2.24, 2.45) is 0 Å². The van der Waals surface area contributed by atoms with Crippen LogP contribution in [0.25, 0.3) is 197 Å². The molecule has 4 aliphatic rings. The van der Waals surface area contributed by atoms with E-state index in [9.17, 15) is 0 Å². The van der Waals surface area contributed by atoms with E-state index in [1.807, 2.05) is 17.4 Å². The number of hydrogen-bond acceptors (Lipinski definition) is 4. The van der Waals surface area contributed by atoms with Crippen molar-refractivity contribution >= 4 is 131 Å². The van der Waals surface area contributed by atoms with Crippen molar-refractivity contribution in [1.82, 2.24) is 9.13 Å². The molecule has 0 saturated heterocycles. The molecule has 2 aliphatic carbocycles. The molecule has 26 aromatic rings. The average Bonchev–Trinajstić information content (AvgIpc) is 1.50. The van der Waals surface area contributed by atoms with Crippen LogP contribution in [0, 0.1) is 0 Å². The number of benzene rings is 22. The molecule has 0 fully saturated rings. The summed E-state index contributed by atoms with van der Waals surface area (Å²) < 4.78 is 14.0. The molecule has 6 heteroatoms. The van der Waals surface area contributed by atoms with E-state index in [1.54, 1.807) is 0 Å². The molecule has 650 valence electrons. The van der Waals surface area contributed by atoms with E-state index in [0.717, 1.165) is 95.0 Å². The van der Waals surface area contributed by atoms with Crippen LogP contribution in [0.15, 0.2) is 502 Å². The van der Waals surface area contributed by atoms with E-state index in [4.69, 9.17) is 4.42 Å². The van der Waals surface area contributed by atoms with Gasteiger partial charge in [-0.1, -0.05) is 394 Å². The van der Waals surface area contributed by atoms with Gasteiger partial charge in [-0.15, -0.1) is 11.3 Å². The summed E-state index contributed by atoms with van der Waals surface area (Å²) >= 11 is 1.89. The Bertz CT molecular complexity index is 9700. The highest BCUT2D eigenvalue weighted by molar-refractivity contribution is 7.26. The molecule has 2 atom stereocenters. The molecule has 5 nitrogen and oxygen atoms in total. The SMILES string of the molecule is c1ccc(-c2ccc(-c3ccccc3N(c3ccc(-c4cccc5c4sc4ccc(-c6cccc7c6c6cccc8c6n7-c6ccccc6C86c7ccccc7-c7c(N(c8ccc(-c9ccc%10oc%11ccccc%11c%10c9)cc8)c8ccccc8-c8ccc(-c9ccccc9)cc8)cccc76)cc45)cc3)c3cccc4c3-c3ccccc3C43c4ccccc4-n4c5ccccc5c5cccc3c54)cc2)cc1. The Morgan fingerprint density at radius 2 is 0.579 bits per heavy atom. The molecule has 4 aromatic heterocycles. The minimum atomic E-state index is -0.738. The van der Waals surface area contributed by atoms with Crippen molar-refractivity contribution in [3.8, 4) is 112 Å². The summed E-state index contributed by atoms with van der Waals surface area (Å²) in [6, 6.07) is 187. The van der Waals surface area contributed by atoms with E-state index in [0.29, 0.717) is 0 Å². The topological polar surface area (TPSA) is 29.5 Å². The first-order valence-corrected chi connectivity index (χ1v) is 49.2. The van der Waals surface area contributed by atoms with Crippen LogP contribution in [0.3, 0.4) is 0 Å². The molecular weight excluding hydrogens is 1710 g/mol. The van der Waals surface area contributed by atoms with E-state index < -0.39 is 10.8 Å². The Morgan fingerprint density at radius 1 is 0.207 bits per heavy atom. The second-order valence-electron chi connectivity index (χ2n) is 37.8. The third-order valence-corrected chi connectivity index (χ3v) is 32.2. The van der Waals surface area contributed by atoms with Gasteiger partial charge in [0.2, 0.25) is 0 Å². The third kappa shape index (κ3) is 11.1. The number of hydrogen-bond donors (Lipinski definition) is 0. The molecule has 0 radical (unpaired) electrons. The van der Waals surface area contributed by atoms with Crippen LogP contribution >= 0.6 is 11.3 Å². The first kappa shape index (κ1) is 78.4. The fourth-order valence-electron chi connectivity index (χ4n) is 25.2. The molecule has 2 spiro atoms. The number of thiophene rings is 1. The predicted octanol–water partition coefficient (Wildman–Crippen LogP) is 36.1. The molecule has 0 N–H and O–H groups in total. The first-order chi connectivity index (χ1) is 69.5. The van der Waals surface area contributed by atoms with Gasteiger partial charge in [-0.3, -0.25) is 0 Å². The van der Waals surface area contributed by atoms with Crippen molar-refractivity contribution in [2.45, 2.75) is 10.8 Å². The van der Waals surface area contributed by atoms with Crippen molar-refractivity contribution in [1.29, 1.82) is 0 Å². The molecular formula is C134H82N4OS. The van der Waals surface area contributed by atoms with Gasteiger partial charge < -0.3 is 23.4 Å². The fraction of sp³-hybridized carbons (Fsp3) is 0.0149. The maximum Gasteiger partial charge on any atom is 0.135 e. The van der Waals surface area contributed by atoms with Gasteiger partial charge in [0.1, 0.15) is 11.2 Å². The van der Waals surface area contributed by atoms with Gasteiger partial charge in [0.15, 0.2) is 0 Å². The van der Waals surface area contributed by atoms with Gasteiger partial charge in [0.25, 0.3) is 0 Å². The quantitative estimate of drug-likeness (QED) is 0.115. The van der Waals surface area contributed by atoms with Crippen LogP contribution in [-0.2, 0) is 10.8 Å². The summed E-state index contributed by atoms with van der Waals surface area (Å²) in [6.07, 6.45) is 0. The van der Waals surface area contributed by atoms with E-state index in [-0.39, 0.29) is 0 Å². The van der Waals surface area contributed by atoms with Crippen molar-refractivity contribution in [3.63, 3.8) is 0 Å². The lowest BCUT2D eigenvalue weighted by molar-refractivity contribution is 0.669. The summed E-state index contributed by atoms with van der Waals surface area (Å²) in [5, 5.41) is 9.70. The highest BCUT2D eigenvalue weighted by Crippen LogP contribution is 2.67. The van der Waals surface area contributed by atoms with Gasteiger partial charge in [-0.2, -0.15) is 0 Å². The van der Waals surface area contributed by atoms with Crippen molar-refractivity contribution < 1.29 is 4.42 Å². The number of anilines is 6. The Hall–Kier alpha value is -17.9. The number of rotatable bonds is 13. The molecule has 6 heterocycles. The summed E-state index contributed by atoms with van der Waals surface area (Å²) in [5.74, 6) is 0. The summed E-state index contributed by atoms with van der Waals surface area (Å²) in [6.45, 7) is 0. The minimum Gasteiger partial charge on any atom is -0.456 e. The molecule has 2 unspecified atom stereocenters. The summed E-state index contributed by atoms with van der Waals surface area (Å²) in [5.41, 5.74) is 45.5. The fourth-order valence-corrected chi connectivity index (χ4v) is 26.4. The zero-order valence-electron chi connectivity index (χ0n) is 75.9. The smallest absolute Gasteiger partial charge is 0.135 e. The standard InChI is InChI=1S/C134H82N4OS/c1-3-29-83(30-4-1)85-61-65-88(66-62-85)95-33-9-17-52-116(95)135(93-75-69-87(70-76-93)91-73-79-125-106(81-91)100-36-12-22-60-124(100)139-125)122-58-28-49-113-129(122)104-38-8-14-45-109(104)134(113)111-47-16-21-56-120(111)138-121-57-26-39-97(127(121)105-43-25-51-115(134)131(105)138)92-74-80-126-107(82-92)102-42-23-40-98(132(102)140-126)90-71-77-94(78-72-90)136(117-53-18-10-34-96(117)89-67-63-86(64-68-89)84-31-5-2-6-32-84)123-59-27-48-112-128(123)103-37-7-13-44-108(103)133(112)110-46-15-20-55-119(110)137-118-54-19-11-35-99(118)101-41-24-50-114(133)130(101)137/h1-82H. The number of fused-ring (bicyclic) bond motifs is 30. The Morgan fingerprint density at radius 3 is 1.19 bits per heavy atom. The monoisotopic (exact) mass is 1790 g/mol. The second-order valence-corrected chi connectivity index (χ2v) is 38.9. The first-order valence-electron chi connectivity index (χ1n) is 48.4. The molecule has 30 rings (SSSR count). The van der Waals surface area contributed by atoms with Crippen LogP contribution in [0.2, 0.25) is 0 Å². The molecule has 0 saturated carbocycles. The highest BCUT2D eigenvalue weighted by atomic mass is 32.1. The predicted molar refractivity (Wildman–Crippen MR) is 584 cm³/mol. The average molecular weight is 1800 g/mol. The third-order valence-electron chi connectivity index (χ3n) is 31.0. The Balaban J connectivity index is 0.552. The molecule has 22 aromatic carbocycles. The van der Waals surface area contributed by atoms with Crippen molar-refractivity contribution in [2.75, 3.05) is 9.80 Å². The zero-order chi connectivity index (χ0) is 91.6.